The van der Waals surface area contributed by atoms with Gasteiger partial charge in [-0.05, 0) is 40.2 Å². The van der Waals surface area contributed by atoms with Crippen molar-refractivity contribution in [2.75, 3.05) is 6.61 Å². The molecular weight excluding hydrogens is 354 g/mol. The summed E-state index contributed by atoms with van der Waals surface area (Å²) in [4.78, 5) is 3.66. The quantitative estimate of drug-likeness (QED) is 0.606. The molecule has 0 saturated carbocycles. The molecule has 0 amide bonds. The molecule has 21 heavy (non-hydrogen) atoms. The Morgan fingerprint density at radius 2 is 1.90 bits per heavy atom. The fourth-order valence-electron chi connectivity index (χ4n) is 2.16. The van der Waals surface area contributed by atoms with Crippen molar-refractivity contribution in [3.05, 3.63) is 63.9 Å². The first-order valence-electron chi connectivity index (χ1n) is 5.96. The van der Waals surface area contributed by atoms with Crippen molar-refractivity contribution in [2.45, 2.75) is 11.5 Å². The Bertz CT molecular complexity index is 686. The van der Waals surface area contributed by atoms with Gasteiger partial charge in [-0.2, -0.15) is 8.78 Å². The van der Waals surface area contributed by atoms with Gasteiger partial charge in [-0.15, -0.1) is 0 Å². The number of hydrogen-bond acceptors (Lipinski definition) is 2. The van der Waals surface area contributed by atoms with Gasteiger partial charge in [0.05, 0.1) is 6.61 Å². The molecule has 1 atom stereocenters. The molecule has 110 valence electrons. The molecule has 1 saturated heterocycles. The zero-order chi connectivity index (χ0) is 15.3. The van der Waals surface area contributed by atoms with Gasteiger partial charge in [0.25, 0.3) is 0 Å². The third-order valence-corrected chi connectivity index (χ3v) is 3.82. The third-order valence-electron chi connectivity index (χ3n) is 3.36. The number of rotatable bonds is 3. The van der Waals surface area contributed by atoms with Crippen molar-refractivity contribution in [1.29, 1.82) is 0 Å². The summed E-state index contributed by atoms with van der Waals surface area (Å²) >= 11 is 3.10. The van der Waals surface area contributed by atoms with Gasteiger partial charge in [-0.3, -0.25) is 4.98 Å². The number of aromatic nitrogens is 1. The highest BCUT2D eigenvalue weighted by atomic mass is 79.9. The fourth-order valence-corrected chi connectivity index (χ4v) is 2.40. The van der Waals surface area contributed by atoms with E-state index in [2.05, 4.69) is 20.9 Å². The number of pyridine rings is 1. The molecule has 3 rings (SSSR count). The summed E-state index contributed by atoms with van der Waals surface area (Å²) in [6.07, 6.45) is 1.22. The lowest BCUT2D eigenvalue weighted by Gasteiger charge is -2.24. The Hall–Kier alpha value is -1.47. The van der Waals surface area contributed by atoms with Crippen LogP contribution in [0.1, 0.15) is 11.3 Å². The first-order valence-corrected chi connectivity index (χ1v) is 6.75. The highest BCUT2D eigenvalue weighted by molar-refractivity contribution is 9.10. The van der Waals surface area contributed by atoms with Crippen molar-refractivity contribution in [3.63, 3.8) is 0 Å². The van der Waals surface area contributed by atoms with Crippen LogP contribution in [-0.2, 0) is 16.3 Å². The van der Waals surface area contributed by atoms with Crippen LogP contribution >= 0.6 is 15.9 Å². The second-order valence-electron chi connectivity index (χ2n) is 4.68. The van der Waals surface area contributed by atoms with Crippen molar-refractivity contribution >= 4 is 15.9 Å². The van der Waals surface area contributed by atoms with E-state index >= 15 is 0 Å². The first-order chi connectivity index (χ1) is 9.87. The second kappa shape index (κ2) is 4.78. The summed E-state index contributed by atoms with van der Waals surface area (Å²) in [5.74, 6) is -5.44. The molecule has 2 heterocycles. The summed E-state index contributed by atoms with van der Waals surface area (Å²) < 4.78 is 61.4. The number of nitrogens with zero attached hydrogens (tertiary/aromatic N) is 1. The van der Waals surface area contributed by atoms with Gasteiger partial charge in [0, 0.05) is 22.3 Å². The van der Waals surface area contributed by atoms with Gasteiger partial charge in [-0.1, -0.05) is 0 Å². The van der Waals surface area contributed by atoms with Gasteiger partial charge >= 0.3 is 5.92 Å². The van der Waals surface area contributed by atoms with Crippen LogP contribution in [0.3, 0.4) is 0 Å². The van der Waals surface area contributed by atoms with Crippen LogP contribution in [0.15, 0.2) is 41.0 Å². The molecule has 1 aromatic heterocycles. The van der Waals surface area contributed by atoms with Gasteiger partial charge in [0.1, 0.15) is 17.3 Å². The Morgan fingerprint density at radius 3 is 2.43 bits per heavy atom. The Labute approximate surface area is 125 Å². The van der Waals surface area contributed by atoms with Crippen LogP contribution in [0.2, 0.25) is 0 Å². The summed E-state index contributed by atoms with van der Waals surface area (Å²) in [6.45, 7) is -0.361. The molecule has 1 aromatic carbocycles. The summed E-state index contributed by atoms with van der Waals surface area (Å²) in [7, 11) is 0. The van der Waals surface area contributed by atoms with Crippen LogP contribution in [0.4, 0.5) is 17.6 Å². The smallest absolute Gasteiger partial charge is 0.324 e. The number of benzene rings is 1. The SMILES string of the molecule is Fc1ccc(C2(C(F)(F)c3ccc(Br)cn3)CO2)c(F)c1. The minimum Gasteiger partial charge on any atom is -0.357 e. The second-order valence-corrected chi connectivity index (χ2v) is 5.59. The van der Waals surface area contributed by atoms with Crippen molar-refractivity contribution < 1.29 is 22.3 Å². The maximum atomic E-state index is 14.6. The third kappa shape index (κ3) is 2.24. The molecule has 1 aliphatic rings. The maximum absolute atomic E-state index is 14.6. The van der Waals surface area contributed by atoms with E-state index in [1.165, 1.54) is 12.3 Å². The monoisotopic (exact) mass is 361 g/mol. The molecule has 2 nitrogen and oxygen atoms in total. The zero-order valence-corrected chi connectivity index (χ0v) is 12.0. The topological polar surface area (TPSA) is 25.4 Å². The Kier molecular flexibility index (Phi) is 3.29. The maximum Gasteiger partial charge on any atom is 0.324 e. The van der Waals surface area contributed by atoms with Gasteiger partial charge in [0.15, 0.2) is 5.60 Å². The Morgan fingerprint density at radius 1 is 1.19 bits per heavy atom. The normalized spacial score (nSPS) is 21.4. The van der Waals surface area contributed by atoms with Crippen molar-refractivity contribution in [3.8, 4) is 0 Å². The largest absolute Gasteiger partial charge is 0.357 e. The van der Waals surface area contributed by atoms with E-state index in [0.29, 0.717) is 10.5 Å². The minimum atomic E-state index is -3.54. The van der Waals surface area contributed by atoms with Crippen molar-refractivity contribution in [1.82, 2.24) is 4.98 Å². The molecule has 0 spiro atoms. The van der Waals surface area contributed by atoms with E-state index in [-0.39, 0.29) is 12.2 Å². The van der Waals surface area contributed by atoms with Gasteiger partial charge in [0.2, 0.25) is 0 Å². The lowest BCUT2D eigenvalue weighted by molar-refractivity contribution is -0.0901. The highest BCUT2D eigenvalue weighted by Gasteiger charge is 2.68. The summed E-state index contributed by atoms with van der Waals surface area (Å²) in [5, 5.41) is 0. The van der Waals surface area contributed by atoms with E-state index < -0.39 is 28.9 Å². The number of ether oxygens (including phenoxy) is 1. The van der Waals surface area contributed by atoms with Crippen LogP contribution in [0, 0.1) is 11.6 Å². The lowest BCUT2D eigenvalue weighted by atomic mass is 9.90. The van der Waals surface area contributed by atoms with Crippen LogP contribution in [-0.4, -0.2) is 11.6 Å². The molecule has 1 unspecified atom stereocenters. The minimum absolute atomic E-state index is 0.361. The van der Waals surface area contributed by atoms with E-state index in [9.17, 15) is 17.6 Å². The number of alkyl halides is 2. The van der Waals surface area contributed by atoms with Crippen LogP contribution in [0.25, 0.3) is 0 Å². The van der Waals surface area contributed by atoms with E-state index in [1.807, 2.05) is 0 Å². The van der Waals surface area contributed by atoms with Crippen LogP contribution < -0.4 is 0 Å². The standard InChI is InChI=1S/C14H8BrF4NO/c15-8-1-4-12(20-6-8)14(18,19)13(7-21-13)10-3-2-9(16)5-11(10)17/h1-6H,7H2. The molecule has 1 aliphatic heterocycles. The van der Waals surface area contributed by atoms with Crippen LogP contribution in [0.5, 0.6) is 0 Å². The molecule has 7 heteroatoms. The summed E-state index contributed by atoms with van der Waals surface area (Å²) in [6, 6.07) is 5.00. The highest BCUT2D eigenvalue weighted by Crippen LogP contribution is 2.56. The molecule has 0 radical (unpaired) electrons. The molecule has 0 bridgehead atoms. The van der Waals surface area contributed by atoms with Crippen molar-refractivity contribution in [2.24, 2.45) is 0 Å². The number of hydrogen-bond donors (Lipinski definition) is 0. The number of halogens is 5. The van der Waals surface area contributed by atoms with Gasteiger partial charge < -0.3 is 4.74 Å². The van der Waals surface area contributed by atoms with Gasteiger partial charge in [-0.25, -0.2) is 8.78 Å². The zero-order valence-electron chi connectivity index (χ0n) is 10.4. The van der Waals surface area contributed by atoms with E-state index in [4.69, 9.17) is 4.74 Å². The number of epoxide rings is 1. The average molecular weight is 362 g/mol. The predicted octanol–water partition coefficient (Wildman–Crippen LogP) is 4.14. The average Bonchev–Trinajstić information content (AvgIpc) is 3.21. The molecule has 2 aromatic rings. The summed E-state index contributed by atoms with van der Waals surface area (Å²) in [5.41, 5.74) is -3.04. The van der Waals surface area contributed by atoms with E-state index in [1.54, 1.807) is 0 Å². The molecule has 0 aliphatic carbocycles. The molecule has 1 fully saturated rings. The fraction of sp³-hybridized carbons (Fsp3) is 0.214. The molecule has 0 N–H and O–H groups in total. The lowest BCUT2D eigenvalue weighted by Crippen LogP contribution is -2.34. The predicted molar refractivity (Wildman–Crippen MR) is 69.8 cm³/mol. The molecular formula is C14H8BrF4NO. The Balaban J connectivity index is 2.06. The van der Waals surface area contributed by atoms with E-state index in [0.717, 1.165) is 18.2 Å². The first kappa shape index (κ1) is 14.5.